The van der Waals surface area contributed by atoms with Crippen LogP contribution in [0.15, 0.2) is 77.7 Å². The predicted octanol–water partition coefficient (Wildman–Crippen LogP) is 5.53. The predicted molar refractivity (Wildman–Crippen MR) is 158 cm³/mol. The first-order chi connectivity index (χ1) is 19.1. The number of hydrogen-bond donors (Lipinski definition) is 1. The zero-order valence-electron chi connectivity index (χ0n) is 22.6. The van der Waals surface area contributed by atoms with Crippen LogP contribution < -0.4 is 14.4 Å². The molecule has 1 atom stereocenters. The van der Waals surface area contributed by atoms with E-state index < -0.39 is 28.5 Å². The Labute approximate surface area is 245 Å². The fourth-order valence-corrected chi connectivity index (χ4v) is 5.86. The number of carbonyl (C=O) groups is 2. The monoisotopic (exact) mass is 605 g/mol. The van der Waals surface area contributed by atoms with Crippen LogP contribution >= 0.6 is 23.2 Å². The Morgan fingerprint density at radius 2 is 1.65 bits per heavy atom. The van der Waals surface area contributed by atoms with E-state index >= 15 is 0 Å². The van der Waals surface area contributed by atoms with Gasteiger partial charge in [0.15, 0.2) is 0 Å². The first kappa shape index (κ1) is 31.3. The molecular formula is C29H33Cl2N3O5S. The van der Waals surface area contributed by atoms with Crippen LogP contribution in [0.25, 0.3) is 0 Å². The van der Waals surface area contributed by atoms with Crippen molar-refractivity contribution in [1.82, 2.24) is 10.2 Å². The lowest BCUT2D eigenvalue weighted by Gasteiger charge is -2.32. The zero-order chi connectivity index (χ0) is 29.3. The Morgan fingerprint density at radius 3 is 2.27 bits per heavy atom. The smallest absolute Gasteiger partial charge is 0.264 e. The van der Waals surface area contributed by atoms with Gasteiger partial charge in [-0.2, -0.15) is 0 Å². The number of sulfonamides is 1. The summed E-state index contributed by atoms with van der Waals surface area (Å²) in [4.78, 5) is 28.3. The lowest BCUT2D eigenvalue weighted by Crippen LogP contribution is -2.51. The van der Waals surface area contributed by atoms with Gasteiger partial charge >= 0.3 is 0 Å². The summed E-state index contributed by atoms with van der Waals surface area (Å²) >= 11 is 12.7. The molecule has 11 heteroatoms. The molecule has 0 aromatic heterocycles. The van der Waals surface area contributed by atoms with Gasteiger partial charge in [0.2, 0.25) is 11.8 Å². The molecular weight excluding hydrogens is 573 g/mol. The van der Waals surface area contributed by atoms with Gasteiger partial charge in [-0.3, -0.25) is 13.9 Å². The fourth-order valence-electron chi connectivity index (χ4n) is 3.96. The number of amides is 2. The molecule has 0 bridgehead atoms. The number of ether oxygens (including phenoxy) is 1. The first-order valence-electron chi connectivity index (χ1n) is 12.8. The van der Waals surface area contributed by atoms with E-state index in [4.69, 9.17) is 27.9 Å². The van der Waals surface area contributed by atoms with Gasteiger partial charge in [0.05, 0.1) is 27.7 Å². The van der Waals surface area contributed by atoms with Crippen molar-refractivity contribution in [2.45, 2.75) is 44.2 Å². The van der Waals surface area contributed by atoms with Gasteiger partial charge in [-0.15, -0.1) is 0 Å². The van der Waals surface area contributed by atoms with Crippen molar-refractivity contribution in [3.63, 3.8) is 0 Å². The number of anilines is 1. The molecule has 214 valence electrons. The summed E-state index contributed by atoms with van der Waals surface area (Å²) in [6.45, 7) is 3.55. The van der Waals surface area contributed by atoms with Gasteiger partial charge in [-0.1, -0.05) is 72.9 Å². The number of benzene rings is 3. The minimum absolute atomic E-state index is 0.0106. The summed E-state index contributed by atoms with van der Waals surface area (Å²) in [6, 6.07) is 18.5. The van der Waals surface area contributed by atoms with Crippen LogP contribution in [0, 0.1) is 0 Å². The Morgan fingerprint density at radius 1 is 0.975 bits per heavy atom. The van der Waals surface area contributed by atoms with Crippen LogP contribution in [0.4, 0.5) is 5.69 Å². The summed E-state index contributed by atoms with van der Waals surface area (Å²) in [7, 11) is -2.69. The lowest BCUT2D eigenvalue weighted by molar-refractivity contribution is -0.139. The van der Waals surface area contributed by atoms with Crippen molar-refractivity contribution in [3.05, 3.63) is 88.4 Å². The van der Waals surface area contributed by atoms with Crippen molar-refractivity contribution in [3.8, 4) is 5.75 Å². The SMILES string of the molecule is CCCCNC(=O)C(C)N(Cc1ccc(OC)cc1)C(=O)CN(c1cccc(Cl)c1Cl)S(=O)(=O)c1ccccc1. The maximum atomic E-state index is 13.9. The number of carbonyl (C=O) groups excluding carboxylic acids is 2. The summed E-state index contributed by atoms with van der Waals surface area (Å²) in [5, 5.41) is 2.98. The molecule has 0 saturated heterocycles. The second kappa shape index (κ2) is 14.4. The van der Waals surface area contributed by atoms with E-state index in [1.807, 2.05) is 6.92 Å². The van der Waals surface area contributed by atoms with Crippen molar-refractivity contribution in [2.24, 2.45) is 0 Å². The van der Waals surface area contributed by atoms with E-state index in [1.165, 1.54) is 29.2 Å². The van der Waals surface area contributed by atoms with E-state index in [-0.39, 0.29) is 33.1 Å². The molecule has 0 spiro atoms. The third kappa shape index (κ3) is 7.68. The fraction of sp³-hybridized carbons (Fsp3) is 0.310. The van der Waals surface area contributed by atoms with E-state index in [9.17, 15) is 18.0 Å². The average molecular weight is 607 g/mol. The highest BCUT2D eigenvalue weighted by Gasteiger charge is 2.33. The minimum Gasteiger partial charge on any atom is -0.497 e. The van der Waals surface area contributed by atoms with Gasteiger partial charge in [0.1, 0.15) is 18.3 Å². The topological polar surface area (TPSA) is 96.0 Å². The number of unbranched alkanes of at least 4 members (excludes halogenated alkanes) is 1. The van der Waals surface area contributed by atoms with Crippen LogP contribution in [0.3, 0.4) is 0 Å². The maximum absolute atomic E-state index is 13.9. The largest absolute Gasteiger partial charge is 0.497 e. The van der Waals surface area contributed by atoms with Crippen LogP contribution in [0.5, 0.6) is 5.75 Å². The van der Waals surface area contributed by atoms with E-state index in [0.29, 0.717) is 12.3 Å². The lowest BCUT2D eigenvalue weighted by atomic mass is 10.1. The summed E-state index contributed by atoms with van der Waals surface area (Å²) in [5.41, 5.74) is 0.788. The van der Waals surface area contributed by atoms with Crippen LogP contribution in [-0.2, 0) is 26.2 Å². The molecule has 0 radical (unpaired) electrons. The van der Waals surface area contributed by atoms with Crippen molar-refractivity contribution < 1.29 is 22.7 Å². The molecule has 3 rings (SSSR count). The van der Waals surface area contributed by atoms with Gasteiger partial charge in [0, 0.05) is 13.1 Å². The second-order valence-electron chi connectivity index (χ2n) is 9.09. The minimum atomic E-state index is -4.24. The highest BCUT2D eigenvalue weighted by atomic mass is 35.5. The van der Waals surface area contributed by atoms with Gasteiger partial charge < -0.3 is 15.0 Å². The zero-order valence-corrected chi connectivity index (χ0v) is 25.0. The standard InChI is InChI=1S/C29H33Cl2N3O5S/c1-4-5-18-32-29(36)21(2)33(19-22-14-16-23(39-3)17-15-22)27(35)20-34(26-13-9-12-25(30)28(26)31)40(37,38)24-10-7-6-8-11-24/h6-17,21H,4-5,18-20H2,1-3H3,(H,32,36). The van der Waals surface area contributed by atoms with Crippen molar-refractivity contribution >= 4 is 50.7 Å². The first-order valence-corrected chi connectivity index (χ1v) is 15.0. The molecule has 0 aliphatic heterocycles. The van der Waals surface area contributed by atoms with Gasteiger partial charge in [-0.05, 0) is 55.3 Å². The van der Waals surface area contributed by atoms with E-state index in [2.05, 4.69) is 5.32 Å². The molecule has 0 aliphatic rings. The van der Waals surface area contributed by atoms with Gasteiger partial charge in [0.25, 0.3) is 10.0 Å². The third-order valence-electron chi connectivity index (χ3n) is 6.32. The Hall–Kier alpha value is -3.27. The Balaban J connectivity index is 2.02. The summed E-state index contributed by atoms with van der Waals surface area (Å²) in [6.07, 6.45) is 1.69. The maximum Gasteiger partial charge on any atom is 0.264 e. The van der Waals surface area contributed by atoms with Crippen molar-refractivity contribution in [2.75, 3.05) is 24.5 Å². The molecule has 40 heavy (non-hydrogen) atoms. The molecule has 1 unspecified atom stereocenters. The molecule has 3 aromatic rings. The molecule has 1 N–H and O–H groups in total. The van der Waals surface area contributed by atoms with Crippen LogP contribution in [0.1, 0.15) is 32.3 Å². The van der Waals surface area contributed by atoms with E-state index in [1.54, 1.807) is 62.6 Å². The quantitative estimate of drug-likeness (QED) is 0.258. The highest BCUT2D eigenvalue weighted by Crippen LogP contribution is 2.35. The van der Waals surface area contributed by atoms with Crippen molar-refractivity contribution in [1.29, 1.82) is 0 Å². The van der Waals surface area contributed by atoms with Crippen LogP contribution in [-0.4, -0.2) is 51.4 Å². The summed E-state index contributed by atoms with van der Waals surface area (Å²) in [5.74, 6) is -0.291. The normalized spacial score (nSPS) is 11.9. The molecule has 0 heterocycles. The molecule has 3 aromatic carbocycles. The summed E-state index contributed by atoms with van der Waals surface area (Å²) < 4.78 is 33.8. The number of nitrogens with zero attached hydrogens (tertiary/aromatic N) is 2. The molecule has 8 nitrogen and oxygen atoms in total. The highest BCUT2D eigenvalue weighted by molar-refractivity contribution is 7.92. The Bertz CT molecular complexity index is 1400. The Kier molecular flexibility index (Phi) is 11.2. The van der Waals surface area contributed by atoms with E-state index in [0.717, 1.165) is 22.7 Å². The van der Waals surface area contributed by atoms with Crippen LogP contribution in [0.2, 0.25) is 10.0 Å². The number of halogens is 2. The molecule has 2 amide bonds. The number of nitrogens with one attached hydrogen (secondary N) is 1. The number of rotatable bonds is 13. The third-order valence-corrected chi connectivity index (χ3v) is 8.90. The number of hydrogen-bond acceptors (Lipinski definition) is 5. The molecule has 0 aliphatic carbocycles. The van der Waals surface area contributed by atoms with Gasteiger partial charge in [-0.25, -0.2) is 8.42 Å². The second-order valence-corrected chi connectivity index (χ2v) is 11.7. The molecule has 0 fully saturated rings. The average Bonchev–Trinajstić information content (AvgIpc) is 2.96. The molecule has 0 saturated carbocycles. The number of methoxy groups -OCH3 is 1.